The Morgan fingerprint density at radius 3 is 0.625 bits per heavy atom. The van der Waals surface area contributed by atoms with Crippen LogP contribution in [-0.2, 0) is 6.81 Å². The summed E-state index contributed by atoms with van der Waals surface area (Å²) in [7, 11) is 30.3. The molecule has 0 aromatic carbocycles. The molecule has 0 aromatic heterocycles. The molecule has 2 N–H and O–H groups in total. The van der Waals surface area contributed by atoms with Crippen LogP contribution in [0.2, 0.25) is 0 Å². The van der Waals surface area contributed by atoms with E-state index in [0.29, 0.717) is 0 Å². The van der Waals surface area contributed by atoms with Gasteiger partial charge in [-0.15, -0.1) is 0 Å². The van der Waals surface area contributed by atoms with Crippen molar-refractivity contribution in [2.75, 3.05) is 0 Å². The monoisotopic (exact) mass is 421 g/mol. The third kappa shape index (κ3) is 81.7. The zero-order valence-electron chi connectivity index (χ0n) is 3.10. The van der Waals surface area contributed by atoms with Gasteiger partial charge in [-0.3, -0.25) is 0 Å². The van der Waals surface area contributed by atoms with E-state index in [1.54, 1.807) is 0 Å². The van der Waals surface area contributed by atoms with Crippen LogP contribution in [0.3, 0.4) is 0 Å². The predicted octanol–water partition coefficient (Wildman–Crippen LogP) is 3.31. The van der Waals surface area contributed by atoms with Gasteiger partial charge in [-0.1, -0.05) is 0 Å². The molecule has 0 aliphatic heterocycles. The van der Waals surface area contributed by atoms with E-state index in [1.165, 1.54) is 0 Å². The van der Waals surface area contributed by atoms with Crippen LogP contribution in [0, 0.1) is 0 Å². The second-order valence-corrected chi connectivity index (χ2v) is 52.6. The van der Waals surface area contributed by atoms with Crippen LogP contribution in [0.15, 0.2) is 0 Å². The normalized spacial score (nSPS) is 20.2. The molecule has 0 bridgehead atoms. The van der Waals surface area contributed by atoms with Crippen LogP contribution in [0.5, 0.6) is 0 Å². The third-order valence-corrected chi connectivity index (χ3v) is 0. The van der Waals surface area contributed by atoms with E-state index in [2.05, 4.69) is 0 Å². The fourth-order valence-electron chi connectivity index (χ4n) is 0. The Kier molecular flexibility index (Phi) is 3.51. The average Bonchev–Trinajstić information content (AvgIpc) is 0.592. The fraction of sp³-hybridized carbons (Fsp3) is 0. The van der Waals surface area contributed by atoms with Crippen LogP contribution in [0.25, 0.3) is 0 Å². The zero-order chi connectivity index (χ0) is 6.41. The van der Waals surface area contributed by atoms with E-state index in [-0.39, 0.29) is 5.48 Å². The predicted molar refractivity (Wildman–Crippen MR) is 38.7 cm³/mol. The van der Waals surface area contributed by atoms with Gasteiger partial charge < -0.3 is 5.48 Å². The Morgan fingerprint density at radius 1 is 0.625 bits per heavy atom. The minimum atomic E-state index is -5.33. The Hall–Kier alpha value is 2.35. The summed E-state index contributed by atoms with van der Waals surface area (Å²) in [5.74, 6) is 0. The molecule has 0 aromatic rings. The van der Waals surface area contributed by atoms with E-state index in [0.717, 1.165) is 0 Å². The van der Waals surface area contributed by atoms with Gasteiger partial charge in [0.25, 0.3) is 0 Å². The molecule has 0 spiro atoms. The topological polar surface area (TPSA) is 31.5 Å². The van der Waals surface area contributed by atoms with Crippen molar-refractivity contribution in [1.82, 2.24) is 0 Å². The van der Waals surface area contributed by atoms with E-state index >= 15 is 0 Å². The first-order valence-corrected chi connectivity index (χ1v) is 18.6. The van der Waals surface area contributed by atoms with Crippen molar-refractivity contribution in [2.45, 2.75) is 0 Å². The second kappa shape index (κ2) is 2.17. The number of rotatable bonds is 0. The van der Waals surface area contributed by atoms with E-state index < -0.39 is 6.81 Å². The van der Waals surface area contributed by atoms with E-state index in [4.69, 9.17) is 57.5 Å². The summed E-state index contributed by atoms with van der Waals surface area (Å²) in [6.07, 6.45) is 0. The molecule has 0 aliphatic rings. The van der Waals surface area contributed by atoms with Gasteiger partial charge in [-0.25, -0.2) is 0 Å². The van der Waals surface area contributed by atoms with Crippen LogP contribution in [0.4, 0.5) is 0 Å². The Bertz CT molecular complexity index is 67.1. The Balaban J connectivity index is 0. The van der Waals surface area contributed by atoms with E-state index in [1.807, 2.05) is 0 Å². The molecule has 1 nitrogen and oxygen atoms in total. The first kappa shape index (κ1) is 13.0. The van der Waals surface area contributed by atoms with Gasteiger partial charge in [-0.05, 0) is 0 Å². The van der Waals surface area contributed by atoms with Gasteiger partial charge in [0.15, 0.2) is 0 Å². The van der Waals surface area contributed by atoms with Gasteiger partial charge in [0.2, 0.25) is 0 Å². The van der Waals surface area contributed by atoms with E-state index in [9.17, 15) is 0 Å². The minimum absolute atomic E-state index is 0. The Labute approximate surface area is 69.0 Å². The van der Waals surface area contributed by atoms with Crippen LogP contribution in [0.1, 0.15) is 0 Å². The van der Waals surface area contributed by atoms with Crippen LogP contribution in [-0.4, -0.2) is 5.48 Å². The molecular weight excluding hydrogens is 421 g/mol. The number of hydrogen-bond acceptors (Lipinski definition) is 0. The fourth-order valence-corrected chi connectivity index (χ4v) is 0. The molecule has 0 saturated carbocycles. The molecular formula is H2Cl6IrO. The van der Waals surface area contributed by atoms with Crippen molar-refractivity contribution in [2.24, 2.45) is 0 Å². The van der Waals surface area contributed by atoms with Crippen molar-refractivity contribution in [3.63, 3.8) is 0 Å². The van der Waals surface area contributed by atoms with Crippen molar-refractivity contribution in [3.05, 3.63) is 0 Å². The van der Waals surface area contributed by atoms with Gasteiger partial charge in [0, 0.05) is 0 Å². The summed E-state index contributed by atoms with van der Waals surface area (Å²) in [4.78, 5) is 0. The van der Waals surface area contributed by atoms with Gasteiger partial charge in [-0.2, -0.15) is 0 Å². The molecule has 0 unspecified atom stereocenters. The van der Waals surface area contributed by atoms with Crippen LogP contribution < -0.4 is 0 Å². The molecule has 0 saturated heterocycles. The first-order valence-electron chi connectivity index (χ1n) is 0.756. The Morgan fingerprint density at radius 2 is 0.625 bits per heavy atom. The summed E-state index contributed by atoms with van der Waals surface area (Å²) >= 11 is 0. The first-order chi connectivity index (χ1) is 2.45. The molecule has 0 heterocycles. The molecule has 0 fully saturated rings. The number of halogens is 6. The number of hydrogen-bond donors (Lipinski definition) is 0. The molecule has 0 radical (unpaired) electrons. The maximum atomic E-state index is 5.06. The van der Waals surface area contributed by atoms with Crippen molar-refractivity contribution < 1.29 is 12.3 Å². The van der Waals surface area contributed by atoms with Gasteiger partial charge in [0.1, 0.15) is 0 Å². The van der Waals surface area contributed by atoms with Crippen molar-refractivity contribution in [1.29, 1.82) is 0 Å². The molecule has 0 atom stereocenters. The quantitative estimate of drug-likeness (QED) is 0.573. The summed E-state index contributed by atoms with van der Waals surface area (Å²) < 4.78 is 0. The summed E-state index contributed by atoms with van der Waals surface area (Å²) in [5, 5.41) is 0. The molecule has 59 valence electrons. The molecule has 0 rings (SSSR count). The molecule has 0 aliphatic carbocycles. The van der Waals surface area contributed by atoms with Crippen molar-refractivity contribution >= 4 is 57.5 Å². The molecule has 8 heteroatoms. The summed E-state index contributed by atoms with van der Waals surface area (Å²) in [5.41, 5.74) is 0. The van der Waals surface area contributed by atoms with Gasteiger partial charge in [0.05, 0.1) is 0 Å². The van der Waals surface area contributed by atoms with Crippen molar-refractivity contribution in [3.8, 4) is 0 Å². The SMILES string of the molecule is O.[Cl][Ir]([Cl])([Cl])([Cl])([Cl])[Cl]. The van der Waals surface area contributed by atoms with Crippen LogP contribution >= 0.6 is 57.5 Å². The maximum absolute atomic E-state index is 5.33. The summed E-state index contributed by atoms with van der Waals surface area (Å²) in [6.45, 7) is -5.33. The zero-order valence-corrected chi connectivity index (χ0v) is 10.0. The molecule has 8 heavy (non-hydrogen) atoms. The summed E-state index contributed by atoms with van der Waals surface area (Å²) in [6, 6.07) is 0. The second-order valence-electron chi connectivity index (χ2n) is 0.714. The molecule has 0 amide bonds. The standard InChI is InChI=1S/6ClH.Ir.H2O/h6*1H;;1H2/q;;;;;;+6;/p-6. The third-order valence-electron chi connectivity index (χ3n) is 0. The average molecular weight is 423 g/mol. The van der Waals surface area contributed by atoms with Gasteiger partial charge >= 0.3 is 64.3 Å².